The fourth-order valence-electron chi connectivity index (χ4n) is 2.64. The van der Waals surface area contributed by atoms with Gasteiger partial charge in [0, 0.05) is 42.7 Å². The predicted molar refractivity (Wildman–Crippen MR) is 122 cm³/mol. The second-order valence-electron chi connectivity index (χ2n) is 6.44. The zero-order chi connectivity index (χ0) is 18.2. The number of guanidine groups is 1. The summed E-state index contributed by atoms with van der Waals surface area (Å²) < 4.78 is 1.84. The van der Waals surface area contributed by atoms with Gasteiger partial charge in [0.05, 0.1) is 18.8 Å². The molecule has 26 heavy (non-hydrogen) atoms. The van der Waals surface area contributed by atoms with Crippen LogP contribution in [0.15, 0.2) is 34.9 Å². The molecule has 2 rings (SSSR count). The van der Waals surface area contributed by atoms with Crippen LogP contribution in [-0.2, 0) is 7.05 Å². The van der Waals surface area contributed by atoms with E-state index in [2.05, 4.69) is 72.3 Å². The average molecular weight is 490 g/mol. The lowest BCUT2D eigenvalue weighted by atomic mass is 10.1. The van der Waals surface area contributed by atoms with Gasteiger partial charge in [-0.25, -0.2) is 0 Å². The Morgan fingerprint density at radius 3 is 2.69 bits per heavy atom. The summed E-state index contributed by atoms with van der Waals surface area (Å²) in [4.78, 5) is 8.33. The largest absolute Gasteiger partial charge is 0.357 e. The molecule has 2 N–H and O–H groups in total. The highest BCUT2D eigenvalue weighted by Crippen LogP contribution is 2.20. The number of thiophene rings is 1. The number of hydrogen-bond donors (Lipinski definition) is 2. The Kier molecular flexibility index (Phi) is 10.2. The molecule has 0 amide bonds. The van der Waals surface area contributed by atoms with Gasteiger partial charge >= 0.3 is 0 Å². The molecule has 0 saturated heterocycles. The Bertz CT molecular complexity index is 652. The maximum atomic E-state index is 4.76. The molecule has 2 aromatic rings. The number of hydrogen-bond acceptors (Lipinski definition) is 4. The van der Waals surface area contributed by atoms with Gasteiger partial charge in [-0.2, -0.15) is 5.10 Å². The predicted octanol–water partition coefficient (Wildman–Crippen LogP) is 3.06. The van der Waals surface area contributed by atoms with Crippen molar-refractivity contribution in [2.75, 3.05) is 33.7 Å². The van der Waals surface area contributed by atoms with Crippen LogP contribution in [-0.4, -0.2) is 54.4 Å². The molecule has 0 saturated carbocycles. The lowest BCUT2D eigenvalue weighted by molar-refractivity contribution is 0.298. The Morgan fingerprint density at radius 1 is 1.38 bits per heavy atom. The van der Waals surface area contributed by atoms with Crippen LogP contribution in [0.1, 0.15) is 36.2 Å². The van der Waals surface area contributed by atoms with Crippen LogP contribution in [0.2, 0.25) is 0 Å². The van der Waals surface area contributed by atoms with Crippen molar-refractivity contribution in [3.8, 4) is 0 Å². The van der Waals surface area contributed by atoms with Gasteiger partial charge in [0.15, 0.2) is 5.96 Å². The molecule has 0 bridgehead atoms. The number of aliphatic imine (C=N–C) groups is 1. The maximum Gasteiger partial charge on any atom is 0.191 e. The zero-order valence-corrected chi connectivity index (χ0v) is 19.4. The SMILES string of the molecule is CCNC(=NCC(C)c1cccs1)NCC(c1cnn(C)c1)N(C)C.I. The fraction of sp³-hybridized carbons (Fsp3) is 0.556. The average Bonchev–Trinajstić information content (AvgIpc) is 3.24. The van der Waals surface area contributed by atoms with Crippen molar-refractivity contribution in [2.45, 2.75) is 25.8 Å². The molecule has 2 unspecified atom stereocenters. The summed E-state index contributed by atoms with van der Waals surface area (Å²) in [5.74, 6) is 1.29. The molecular formula is C18H31IN6S. The molecule has 0 aromatic carbocycles. The van der Waals surface area contributed by atoms with E-state index in [4.69, 9.17) is 4.99 Å². The molecular weight excluding hydrogens is 459 g/mol. The first kappa shape index (κ1) is 22.9. The zero-order valence-electron chi connectivity index (χ0n) is 16.3. The lowest BCUT2D eigenvalue weighted by Crippen LogP contribution is -2.42. The van der Waals surface area contributed by atoms with E-state index in [0.29, 0.717) is 5.92 Å². The third-order valence-corrected chi connectivity index (χ3v) is 5.20. The van der Waals surface area contributed by atoms with Gasteiger partial charge in [-0.1, -0.05) is 13.0 Å². The highest BCUT2D eigenvalue weighted by molar-refractivity contribution is 14.0. The number of aryl methyl sites for hydroxylation is 1. The number of aromatic nitrogens is 2. The van der Waals surface area contributed by atoms with Crippen molar-refractivity contribution in [2.24, 2.45) is 12.0 Å². The van der Waals surface area contributed by atoms with Crippen molar-refractivity contribution in [1.29, 1.82) is 0 Å². The molecule has 0 aliphatic carbocycles. The molecule has 8 heteroatoms. The van der Waals surface area contributed by atoms with E-state index < -0.39 is 0 Å². The second kappa shape index (κ2) is 11.6. The Hall–Kier alpha value is -1.13. The Morgan fingerprint density at radius 2 is 2.15 bits per heavy atom. The van der Waals surface area contributed by atoms with Gasteiger partial charge in [-0.15, -0.1) is 35.3 Å². The fourth-order valence-corrected chi connectivity index (χ4v) is 3.41. The normalized spacial score (nSPS) is 14.0. The van der Waals surface area contributed by atoms with Crippen LogP contribution in [0, 0.1) is 0 Å². The molecule has 0 radical (unpaired) electrons. The van der Waals surface area contributed by atoms with Crippen molar-refractivity contribution in [1.82, 2.24) is 25.3 Å². The molecule has 0 aliphatic rings. The van der Waals surface area contributed by atoms with Crippen LogP contribution >= 0.6 is 35.3 Å². The van der Waals surface area contributed by atoms with E-state index in [1.165, 1.54) is 10.4 Å². The van der Waals surface area contributed by atoms with Crippen molar-refractivity contribution in [3.05, 3.63) is 40.3 Å². The number of nitrogens with zero attached hydrogens (tertiary/aromatic N) is 4. The Balaban J connectivity index is 0.00000338. The number of halogens is 1. The van der Waals surface area contributed by atoms with E-state index >= 15 is 0 Å². The summed E-state index contributed by atoms with van der Waals surface area (Å²) in [6, 6.07) is 4.52. The molecule has 0 aliphatic heterocycles. The molecule has 146 valence electrons. The summed E-state index contributed by atoms with van der Waals surface area (Å²) in [6.07, 6.45) is 3.99. The summed E-state index contributed by atoms with van der Waals surface area (Å²) in [5, 5.41) is 13.2. The van der Waals surface area contributed by atoms with Crippen LogP contribution in [0.25, 0.3) is 0 Å². The van der Waals surface area contributed by atoms with Crippen LogP contribution in [0.5, 0.6) is 0 Å². The van der Waals surface area contributed by atoms with Crippen LogP contribution < -0.4 is 10.6 Å². The van der Waals surface area contributed by atoms with E-state index in [1.54, 1.807) is 11.3 Å². The van der Waals surface area contributed by atoms with Crippen LogP contribution in [0.3, 0.4) is 0 Å². The van der Waals surface area contributed by atoms with Gasteiger partial charge in [-0.05, 0) is 32.5 Å². The van der Waals surface area contributed by atoms with E-state index in [1.807, 2.05) is 17.9 Å². The van der Waals surface area contributed by atoms with Crippen molar-refractivity contribution in [3.63, 3.8) is 0 Å². The van der Waals surface area contributed by atoms with E-state index in [9.17, 15) is 0 Å². The number of nitrogens with one attached hydrogen (secondary N) is 2. The lowest BCUT2D eigenvalue weighted by Gasteiger charge is -2.24. The highest BCUT2D eigenvalue weighted by atomic mass is 127. The highest BCUT2D eigenvalue weighted by Gasteiger charge is 2.16. The van der Waals surface area contributed by atoms with Crippen LogP contribution in [0.4, 0.5) is 0 Å². The Labute approximate surface area is 178 Å². The molecule has 0 spiro atoms. The van der Waals surface area contributed by atoms with Gasteiger partial charge in [0.2, 0.25) is 0 Å². The van der Waals surface area contributed by atoms with Gasteiger partial charge in [0.1, 0.15) is 0 Å². The molecule has 2 atom stereocenters. The quantitative estimate of drug-likeness (QED) is 0.339. The summed E-state index contributed by atoms with van der Waals surface area (Å²) in [6.45, 7) is 6.70. The van der Waals surface area contributed by atoms with Crippen molar-refractivity contribution < 1.29 is 0 Å². The summed E-state index contributed by atoms with van der Waals surface area (Å²) >= 11 is 1.79. The number of rotatable bonds is 8. The molecule has 0 fully saturated rings. The molecule has 2 heterocycles. The summed E-state index contributed by atoms with van der Waals surface area (Å²) in [5.41, 5.74) is 1.20. The second-order valence-corrected chi connectivity index (χ2v) is 7.42. The monoisotopic (exact) mass is 490 g/mol. The summed E-state index contributed by atoms with van der Waals surface area (Å²) in [7, 11) is 6.12. The minimum absolute atomic E-state index is 0. The minimum atomic E-state index is 0. The number of likely N-dealkylation sites (N-methyl/N-ethyl adjacent to an activating group) is 1. The third kappa shape index (κ3) is 6.88. The molecule has 6 nitrogen and oxygen atoms in total. The first-order valence-corrected chi connectivity index (χ1v) is 9.59. The van der Waals surface area contributed by atoms with E-state index in [-0.39, 0.29) is 30.0 Å². The first-order valence-electron chi connectivity index (χ1n) is 8.71. The first-order chi connectivity index (χ1) is 12.0. The van der Waals surface area contributed by atoms with Gasteiger partial charge in [0.25, 0.3) is 0 Å². The van der Waals surface area contributed by atoms with Crippen molar-refractivity contribution >= 4 is 41.3 Å². The third-order valence-electron chi connectivity index (χ3n) is 4.09. The van der Waals surface area contributed by atoms with Gasteiger partial charge in [-0.3, -0.25) is 9.67 Å². The molecule has 2 aromatic heterocycles. The van der Waals surface area contributed by atoms with Gasteiger partial charge < -0.3 is 15.5 Å². The van der Waals surface area contributed by atoms with E-state index in [0.717, 1.165) is 25.6 Å². The minimum Gasteiger partial charge on any atom is -0.357 e. The standard InChI is InChI=1S/C18H30N6S.HI/c1-6-19-18(20-10-14(2)17-8-7-9-25-17)21-12-16(23(3)4)15-11-22-24(5)13-15;/h7-9,11,13-14,16H,6,10,12H2,1-5H3,(H2,19,20,21);1H. The topological polar surface area (TPSA) is 57.5 Å². The maximum absolute atomic E-state index is 4.76. The smallest absolute Gasteiger partial charge is 0.191 e.